The summed E-state index contributed by atoms with van der Waals surface area (Å²) in [6.07, 6.45) is 4.93. The Hall–Kier alpha value is -2.40. The van der Waals surface area contributed by atoms with E-state index in [4.69, 9.17) is 0 Å². The van der Waals surface area contributed by atoms with Crippen molar-refractivity contribution in [2.24, 2.45) is 0 Å². The molecule has 1 atom stereocenters. The van der Waals surface area contributed by atoms with Gasteiger partial charge in [0.25, 0.3) is 5.91 Å². The third-order valence-electron chi connectivity index (χ3n) is 5.55. The Bertz CT molecular complexity index is 745. The number of carbonyl (C=O) groups is 1. The zero-order valence-corrected chi connectivity index (χ0v) is 17.3. The average Bonchev–Trinajstić information content (AvgIpc) is 2.98. The summed E-state index contributed by atoms with van der Waals surface area (Å²) in [5.41, 5.74) is 2.08. The van der Waals surface area contributed by atoms with Crippen LogP contribution in [0.25, 0.3) is 0 Å². The van der Waals surface area contributed by atoms with Crippen LogP contribution in [0.2, 0.25) is 0 Å². The number of aromatic nitrogens is 1. The molecule has 0 saturated carbocycles. The summed E-state index contributed by atoms with van der Waals surface area (Å²) in [5, 5.41) is 0. The number of amides is 1. The number of hydrogen-bond acceptors (Lipinski definition) is 4. The van der Waals surface area contributed by atoms with Crippen molar-refractivity contribution in [3.8, 4) is 0 Å². The van der Waals surface area contributed by atoms with Crippen LogP contribution in [0.5, 0.6) is 0 Å². The van der Waals surface area contributed by atoms with Crippen molar-refractivity contribution in [3.63, 3.8) is 0 Å². The summed E-state index contributed by atoms with van der Waals surface area (Å²) < 4.78 is 0. The molecule has 0 N–H and O–H groups in total. The summed E-state index contributed by atoms with van der Waals surface area (Å²) in [6.45, 7) is 3.51. The SMILES string of the molecule is CN(C)CCN(C)c1ccc(C(=O)N2CCCC(c3ccccc3)CC2)cn1. The van der Waals surface area contributed by atoms with Crippen molar-refractivity contribution in [2.75, 3.05) is 52.2 Å². The van der Waals surface area contributed by atoms with Crippen LogP contribution in [-0.2, 0) is 0 Å². The molecular weight excluding hydrogens is 348 g/mol. The molecule has 1 aromatic carbocycles. The lowest BCUT2D eigenvalue weighted by molar-refractivity contribution is 0.0760. The van der Waals surface area contributed by atoms with E-state index in [9.17, 15) is 4.79 Å². The van der Waals surface area contributed by atoms with E-state index in [0.29, 0.717) is 11.5 Å². The van der Waals surface area contributed by atoms with Crippen LogP contribution in [0, 0.1) is 0 Å². The van der Waals surface area contributed by atoms with Gasteiger partial charge in [-0.15, -0.1) is 0 Å². The zero-order chi connectivity index (χ0) is 19.9. The molecule has 1 fully saturated rings. The van der Waals surface area contributed by atoms with Crippen LogP contribution in [-0.4, -0.2) is 68.0 Å². The largest absolute Gasteiger partial charge is 0.358 e. The van der Waals surface area contributed by atoms with Crippen molar-refractivity contribution < 1.29 is 4.79 Å². The van der Waals surface area contributed by atoms with Gasteiger partial charge in [-0.3, -0.25) is 4.79 Å². The van der Waals surface area contributed by atoms with Crippen LogP contribution in [0.4, 0.5) is 5.82 Å². The number of rotatable bonds is 6. The lowest BCUT2D eigenvalue weighted by Crippen LogP contribution is -2.32. The summed E-state index contributed by atoms with van der Waals surface area (Å²) in [7, 11) is 6.16. The maximum atomic E-state index is 13.0. The third kappa shape index (κ3) is 5.32. The zero-order valence-electron chi connectivity index (χ0n) is 17.3. The van der Waals surface area contributed by atoms with Gasteiger partial charge in [0.2, 0.25) is 0 Å². The highest BCUT2D eigenvalue weighted by Gasteiger charge is 2.22. The van der Waals surface area contributed by atoms with E-state index in [1.807, 2.05) is 24.1 Å². The molecule has 150 valence electrons. The van der Waals surface area contributed by atoms with Gasteiger partial charge in [0.15, 0.2) is 0 Å². The maximum absolute atomic E-state index is 13.0. The molecule has 1 aliphatic rings. The Morgan fingerprint density at radius 2 is 1.82 bits per heavy atom. The van der Waals surface area contributed by atoms with Crippen molar-refractivity contribution in [3.05, 3.63) is 59.8 Å². The molecule has 2 heterocycles. The number of carbonyl (C=O) groups excluding carboxylic acids is 1. The molecule has 0 spiro atoms. The van der Waals surface area contributed by atoms with Gasteiger partial charge < -0.3 is 14.7 Å². The van der Waals surface area contributed by atoms with Gasteiger partial charge in [0.1, 0.15) is 5.82 Å². The molecule has 28 heavy (non-hydrogen) atoms. The van der Waals surface area contributed by atoms with E-state index < -0.39 is 0 Å². The molecule has 2 aromatic rings. The lowest BCUT2D eigenvalue weighted by atomic mass is 9.92. The molecule has 5 nitrogen and oxygen atoms in total. The molecule has 0 radical (unpaired) electrons. The Labute approximate surface area is 169 Å². The molecule has 1 amide bonds. The van der Waals surface area contributed by atoms with E-state index >= 15 is 0 Å². The highest BCUT2D eigenvalue weighted by atomic mass is 16.2. The molecule has 0 aliphatic carbocycles. The van der Waals surface area contributed by atoms with Crippen molar-refractivity contribution in [2.45, 2.75) is 25.2 Å². The normalized spacial score (nSPS) is 17.4. The number of likely N-dealkylation sites (tertiary alicyclic amines) is 1. The van der Waals surface area contributed by atoms with E-state index in [-0.39, 0.29) is 5.91 Å². The quantitative estimate of drug-likeness (QED) is 0.769. The molecule has 3 rings (SSSR count). The predicted molar refractivity (Wildman–Crippen MR) is 115 cm³/mol. The lowest BCUT2D eigenvalue weighted by Gasteiger charge is -2.22. The first-order valence-electron chi connectivity index (χ1n) is 10.2. The van der Waals surface area contributed by atoms with Gasteiger partial charge in [0.05, 0.1) is 5.56 Å². The topological polar surface area (TPSA) is 39.7 Å². The Balaban J connectivity index is 1.59. The molecule has 0 bridgehead atoms. The van der Waals surface area contributed by atoms with Crippen molar-refractivity contribution >= 4 is 11.7 Å². The fraction of sp³-hybridized carbons (Fsp3) is 0.478. The monoisotopic (exact) mass is 380 g/mol. The van der Waals surface area contributed by atoms with Crippen LogP contribution in [0.15, 0.2) is 48.7 Å². The van der Waals surface area contributed by atoms with Gasteiger partial charge in [0, 0.05) is 39.4 Å². The van der Waals surface area contributed by atoms with Crippen LogP contribution in [0.1, 0.15) is 41.1 Å². The first kappa shape index (κ1) is 20.3. The van der Waals surface area contributed by atoms with E-state index in [0.717, 1.165) is 51.3 Å². The third-order valence-corrected chi connectivity index (χ3v) is 5.55. The number of nitrogens with zero attached hydrogens (tertiary/aromatic N) is 4. The second-order valence-corrected chi connectivity index (χ2v) is 7.96. The first-order valence-corrected chi connectivity index (χ1v) is 10.2. The average molecular weight is 381 g/mol. The number of hydrogen-bond donors (Lipinski definition) is 0. The number of anilines is 1. The summed E-state index contributed by atoms with van der Waals surface area (Å²) in [5.74, 6) is 1.55. The molecule has 5 heteroatoms. The standard InChI is InChI=1S/C23H32N4O/c1-25(2)16-17-26(3)22-12-11-21(18-24-22)23(28)27-14-7-10-20(13-15-27)19-8-5-4-6-9-19/h4-6,8-9,11-12,18,20H,7,10,13-17H2,1-3H3. The summed E-state index contributed by atoms with van der Waals surface area (Å²) in [6, 6.07) is 14.5. The Morgan fingerprint density at radius 1 is 1.04 bits per heavy atom. The fourth-order valence-corrected chi connectivity index (χ4v) is 3.74. The minimum Gasteiger partial charge on any atom is -0.358 e. The van der Waals surface area contributed by atoms with Gasteiger partial charge in [-0.05, 0) is 57.0 Å². The van der Waals surface area contributed by atoms with E-state index in [2.05, 4.69) is 59.2 Å². The smallest absolute Gasteiger partial charge is 0.255 e. The van der Waals surface area contributed by atoms with Crippen LogP contribution < -0.4 is 4.90 Å². The second-order valence-electron chi connectivity index (χ2n) is 7.96. The van der Waals surface area contributed by atoms with Crippen molar-refractivity contribution in [1.29, 1.82) is 0 Å². The van der Waals surface area contributed by atoms with Gasteiger partial charge >= 0.3 is 0 Å². The van der Waals surface area contributed by atoms with Crippen LogP contribution >= 0.6 is 0 Å². The molecule has 1 aromatic heterocycles. The highest BCUT2D eigenvalue weighted by molar-refractivity contribution is 5.94. The number of benzene rings is 1. The fourth-order valence-electron chi connectivity index (χ4n) is 3.74. The maximum Gasteiger partial charge on any atom is 0.255 e. The van der Waals surface area contributed by atoms with Gasteiger partial charge in [-0.2, -0.15) is 0 Å². The van der Waals surface area contributed by atoms with E-state index in [1.165, 1.54) is 5.56 Å². The summed E-state index contributed by atoms with van der Waals surface area (Å²) >= 11 is 0. The van der Waals surface area contributed by atoms with Gasteiger partial charge in [-0.1, -0.05) is 30.3 Å². The summed E-state index contributed by atoms with van der Waals surface area (Å²) in [4.78, 5) is 23.7. The van der Waals surface area contributed by atoms with E-state index in [1.54, 1.807) is 6.20 Å². The molecular formula is C23H32N4O. The minimum atomic E-state index is 0.101. The molecule has 1 unspecified atom stereocenters. The predicted octanol–water partition coefficient (Wildman–Crippen LogP) is 3.49. The Morgan fingerprint density at radius 3 is 2.50 bits per heavy atom. The minimum absolute atomic E-state index is 0.101. The first-order chi connectivity index (χ1) is 13.5. The Kier molecular flexibility index (Phi) is 7.04. The number of likely N-dealkylation sites (N-methyl/N-ethyl adjacent to an activating group) is 2. The molecule has 1 aliphatic heterocycles. The van der Waals surface area contributed by atoms with Gasteiger partial charge in [-0.25, -0.2) is 4.98 Å². The van der Waals surface area contributed by atoms with Crippen LogP contribution in [0.3, 0.4) is 0 Å². The number of pyridine rings is 1. The highest BCUT2D eigenvalue weighted by Crippen LogP contribution is 2.28. The second kappa shape index (κ2) is 9.69. The van der Waals surface area contributed by atoms with Crippen molar-refractivity contribution in [1.82, 2.24) is 14.8 Å². The molecule has 1 saturated heterocycles.